The second kappa shape index (κ2) is 6.56. The first-order valence-corrected chi connectivity index (χ1v) is 6.26. The molecule has 7 heteroatoms. The number of amides is 1. The molecule has 0 fully saturated rings. The SMILES string of the molecule is O=C(CNCc1ccon1)Nc1c(Cl)cccc1Cl. The topological polar surface area (TPSA) is 67.2 Å². The molecule has 0 saturated carbocycles. The van der Waals surface area contributed by atoms with Crippen molar-refractivity contribution in [2.45, 2.75) is 6.54 Å². The summed E-state index contributed by atoms with van der Waals surface area (Å²) in [5.41, 5.74) is 1.14. The zero-order valence-electron chi connectivity index (χ0n) is 9.82. The van der Waals surface area contributed by atoms with E-state index in [1.54, 1.807) is 24.3 Å². The quantitative estimate of drug-likeness (QED) is 0.891. The van der Waals surface area contributed by atoms with Crippen molar-refractivity contribution in [2.24, 2.45) is 0 Å². The van der Waals surface area contributed by atoms with Gasteiger partial charge in [-0.05, 0) is 12.1 Å². The van der Waals surface area contributed by atoms with Crippen LogP contribution in [0.4, 0.5) is 5.69 Å². The molecule has 0 aliphatic carbocycles. The van der Waals surface area contributed by atoms with E-state index < -0.39 is 0 Å². The van der Waals surface area contributed by atoms with Crippen LogP contribution in [0.5, 0.6) is 0 Å². The first-order chi connectivity index (χ1) is 9.16. The van der Waals surface area contributed by atoms with E-state index in [4.69, 9.17) is 23.2 Å². The van der Waals surface area contributed by atoms with Crippen molar-refractivity contribution >= 4 is 34.8 Å². The number of hydrogen-bond donors (Lipinski definition) is 2. The fourth-order valence-electron chi connectivity index (χ4n) is 1.43. The lowest BCUT2D eigenvalue weighted by Crippen LogP contribution is -2.28. The van der Waals surface area contributed by atoms with Gasteiger partial charge < -0.3 is 15.2 Å². The van der Waals surface area contributed by atoms with E-state index in [9.17, 15) is 4.79 Å². The van der Waals surface area contributed by atoms with E-state index in [-0.39, 0.29) is 12.5 Å². The van der Waals surface area contributed by atoms with Crippen LogP contribution in [0, 0.1) is 0 Å². The molecule has 0 saturated heterocycles. The van der Waals surface area contributed by atoms with E-state index in [2.05, 4.69) is 20.3 Å². The minimum absolute atomic E-state index is 0.119. The third-order valence-electron chi connectivity index (χ3n) is 2.31. The van der Waals surface area contributed by atoms with Gasteiger partial charge in [-0.3, -0.25) is 4.79 Å². The van der Waals surface area contributed by atoms with Crippen LogP contribution in [-0.2, 0) is 11.3 Å². The van der Waals surface area contributed by atoms with Crippen molar-refractivity contribution in [2.75, 3.05) is 11.9 Å². The van der Waals surface area contributed by atoms with Gasteiger partial charge in [0.05, 0.1) is 28.0 Å². The molecule has 0 bridgehead atoms. The summed E-state index contributed by atoms with van der Waals surface area (Å²) >= 11 is 11.9. The van der Waals surface area contributed by atoms with Crippen LogP contribution in [0.15, 0.2) is 35.1 Å². The number of anilines is 1. The van der Waals surface area contributed by atoms with Gasteiger partial charge in [0.2, 0.25) is 5.91 Å². The van der Waals surface area contributed by atoms with Crippen LogP contribution in [0.25, 0.3) is 0 Å². The molecule has 1 heterocycles. The maximum absolute atomic E-state index is 11.7. The monoisotopic (exact) mass is 299 g/mol. The Kier molecular flexibility index (Phi) is 4.79. The van der Waals surface area contributed by atoms with Crippen LogP contribution >= 0.6 is 23.2 Å². The van der Waals surface area contributed by atoms with Gasteiger partial charge in [-0.15, -0.1) is 0 Å². The lowest BCUT2D eigenvalue weighted by molar-refractivity contribution is -0.115. The van der Waals surface area contributed by atoms with Crippen molar-refractivity contribution in [1.82, 2.24) is 10.5 Å². The van der Waals surface area contributed by atoms with E-state index >= 15 is 0 Å². The maximum atomic E-state index is 11.7. The molecule has 0 aliphatic heterocycles. The second-order valence-corrected chi connectivity index (χ2v) is 4.55. The van der Waals surface area contributed by atoms with Crippen LogP contribution in [-0.4, -0.2) is 17.6 Å². The van der Waals surface area contributed by atoms with Crippen molar-refractivity contribution in [3.8, 4) is 0 Å². The van der Waals surface area contributed by atoms with Gasteiger partial charge in [0.15, 0.2) is 0 Å². The van der Waals surface area contributed by atoms with Crippen LogP contribution in [0.2, 0.25) is 10.0 Å². The van der Waals surface area contributed by atoms with Gasteiger partial charge in [0.25, 0.3) is 0 Å². The van der Waals surface area contributed by atoms with Crippen molar-refractivity contribution < 1.29 is 9.32 Å². The standard InChI is InChI=1S/C12H11Cl2N3O2/c13-9-2-1-3-10(14)12(9)16-11(18)7-15-6-8-4-5-19-17-8/h1-5,15H,6-7H2,(H,16,18). The lowest BCUT2D eigenvalue weighted by atomic mass is 10.3. The van der Waals surface area contributed by atoms with Gasteiger partial charge >= 0.3 is 0 Å². The molecule has 0 radical (unpaired) electrons. The predicted molar refractivity (Wildman–Crippen MR) is 73.3 cm³/mol. The number of hydrogen-bond acceptors (Lipinski definition) is 4. The first kappa shape index (κ1) is 13.9. The smallest absolute Gasteiger partial charge is 0.238 e. The van der Waals surface area contributed by atoms with E-state index in [0.29, 0.717) is 22.3 Å². The number of para-hydroxylation sites is 1. The highest BCUT2D eigenvalue weighted by atomic mass is 35.5. The summed E-state index contributed by atoms with van der Waals surface area (Å²) in [7, 11) is 0. The number of rotatable bonds is 5. The number of halogens is 2. The molecule has 1 aromatic heterocycles. The Bertz CT molecular complexity index is 538. The minimum atomic E-state index is -0.238. The number of carbonyl (C=O) groups excluding carboxylic acids is 1. The number of nitrogens with one attached hydrogen (secondary N) is 2. The number of nitrogens with zero attached hydrogens (tertiary/aromatic N) is 1. The first-order valence-electron chi connectivity index (χ1n) is 5.50. The summed E-state index contributed by atoms with van der Waals surface area (Å²) in [6.07, 6.45) is 1.47. The summed E-state index contributed by atoms with van der Waals surface area (Å²) in [5, 5.41) is 10.1. The molecule has 2 aromatic rings. The average Bonchev–Trinajstić information content (AvgIpc) is 2.87. The summed E-state index contributed by atoms with van der Waals surface area (Å²) in [5.74, 6) is -0.238. The molecular weight excluding hydrogens is 289 g/mol. The van der Waals surface area contributed by atoms with Crippen molar-refractivity contribution in [1.29, 1.82) is 0 Å². The third-order valence-corrected chi connectivity index (χ3v) is 2.94. The molecule has 0 aliphatic rings. The van der Waals surface area contributed by atoms with E-state index in [0.717, 1.165) is 5.69 Å². The molecule has 1 aromatic carbocycles. The summed E-state index contributed by atoms with van der Waals surface area (Å²) in [6, 6.07) is 6.75. The number of benzene rings is 1. The molecule has 0 atom stereocenters. The zero-order valence-corrected chi connectivity index (χ0v) is 11.3. The average molecular weight is 300 g/mol. The Balaban J connectivity index is 1.84. The Morgan fingerprint density at radius 2 is 2.00 bits per heavy atom. The number of aromatic nitrogens is 1. The molecule has 0 unspecified atom stereocenters. The van der Waals surface area contributed by atoms with Crippen LogP contribution in [0.3, 0.4) is 0 Å². The summed E-state index contributed by atoms with van der Waals surface area (Å²) < 4.78 is 4.67. The minimum Gasteiger partial charge on any atom is -0.364 e. The predicted octanol–water partition coefficient (Wildman–Crippen LogP) is 2.71. The van der Waals surface area contributed by atoms with Gasteiger partial charge in [-0.25, -0.2) is 0 Å². The largest absolute Gasteiger partial charge is 0.364 e. The zero-order chi connectivity index (χ0) is 13.7. The Labute approximate surface area is 119 Å². The van der Waals surface area contributed by atoms with Gasteiger partial charge in [0.1, 0.15) is 6.26 Å². The van der Waals surface area contributed by atoms with Crippen molar-refractivity contribution in [3.05, 3.63) is 46.3 Å². The van der Waals surface area contributed by atoms with E-state index in [1.165, 1.54) is 6.26 Å². The van der Waals surface area contributed by atoms with Crippen LogP contribution < -0.4 is 10.6 Å². The molecule has 2 N–H and O–H groups in total. The second-order valence-electron chi connectivity index (χ2n) is 3.74. The van der Waals surface area contributed by atoms with Gasteiger partial charge in [-0.1, -0.05) is 34.4 Å². The van der Waals surface area contributed by atoms with Gasteiger partial charge in [-0.2, -0.15) is 0 Å². The highest BCUT2D eigenvalue weighted by molar-refractivity contribution is 6.39. The normalized spacial score (nSPS) is 10.4. The summed E-state index contributed by atoms with van der Waals surface area (Å²) in [4.78, 5) is 11.7. The Hall–Kier alpha value is -1.56. The molecule has 19 heavy (non-hydrogen) atoms. The molecule has 100 valence electrons. The molecule has 5 nitrogen and oxygen atoms in total. The number of carbonyl (C=O) groups is 1. The highest BCUT2D eigenvalue weighted by Crippen LogP contribution is 2.29. The van der Waals surface area contributed by atoms with E-state index in [1.807, 2.05) is 0 Å². The third kappa shape index (κ3) is 3.96. The lowest BCUT2D eigenvalue weighted by Gasteiger charge is -2.09. The molecule has 0 spiro atoms. The fraction of sp³-hybridized carbons (Fsp3) is 0.167. The van der Waals surface area contributed by atoms with Gasteiger partial charge in [0, 0.05) is 12.6 Å². The summed E-state index contributed by atoms with van der Waals surface area (Å²) in [6.45, 7) is 0.564. The maximum Gasteiger partial charge on any atom is 0.238 e. The Morgan fingerprint density at radius 1 is 1.26 bits per heavy atom. The molecule has 2 rings (SSSR count). The van der Waals surface area contributed by atoms with Crippen LogP contribution in [0.1, 0.15) is 5.69 Å². The Morgan fingerprint density at radius 3 is 2.63 bits per heavy atom. The highest BCUT2D eigenvalue weighted by Gasteiger charge is 2.09. The van der Waals surface area contributed by atoms with Crippen molar-refractivity contribution in [3.63, 3.8) is 0 Å². The molecular formula is C12H11Cl2N3O2. The molecule has 1 amide bonds. The fourth-order valence-corrected chi connectivity index (χ4v) is 1.93.